The van der Waals surface area contributed by atoms with Gasteiger partial charge in [-0.15, -0.1) is 0 Å². The molecule has 4 rings (SSSR count). The summed E-state index contributed by atoms with van der Waals surface area (Å²) in [7, 11) is 0. The van der Waals surface area contributed by atoms with Crippen molar-refractivity contribution in [1.29, 1.82) is 0 Å². The monoisotopic (exact) mass is 390 g/mol. The second-order valence-corrected chi connectivity index (χ2v) is 11.7. The van der Waals surface area contributed by atoms with Crippen LogP contribution in [0.2, 0.25) is 0 Å². The van der Waals surface area contributed by atoms with Gasteiger partial charge < -0.3 is 14.9 Å². The molecule has 0 aromatic rings. The lowest BCUT2D eigenvalue weighted by Gasteiger charge is -2.58. The van der Waals surface area contributed by atoms with E-state index in [0.717, 1.165) is 30.6 Å². The van der Waals surface area contributed by atoms with Gasteiger partial charge in [-0.05, 0) is 107 Å². The first-order chi connectivity index (χ1) is 13.0. The maximum Gasteiger partial charge on any atom is 0.0824 e. The van der Waals surface area contributed by atoms with Gasteiger partial charge in [-0.3, -0.25) is 0 Å². The molecular weight excluding hydrogens is 348 g/mol. The molecule has 0 heterocycles. The summed E-state index contributed by atoms with van der Waals surface area (Å²) in [4.78, 5) is 0. The van der Waals surface area contributed by atoms with Crippen LogP contribution in [0.5, 0.6) is 0 Å². The maximum atomic E-state index is 10.2. The standard InChI is InChI=1S/C25H42O3/c1-16(28-15-23(2,3)27)20-8-9-21-19-7-6-17-14-18(26)10-12-24(17,4)22(19)11-13-25(20,21)5/h6,16,18-22,26-27H,7-15H2,1-5H3/t16-,18?,19?,20?,21?,22?,24?,25?/m0/s1. The quantitative estimate of drug-likeness (QED) is 0.656. The number of aliphatic hydroxyl groups is 2. The van der Waals surface area contributed by atoms with Gasteiger partial charge in [-0.25, -0.2) is 0 Å². The van der Waals surface area contributed by atoms with Crippen LogP contribution in [0.4, 0.5) is 0 Å². The van der Waals surface area contributed by atoms with E-state index < -0.39 is 5.60 Å². The summed E-state index contributed by atoms with van der Waals surface area (Å²) in [5, 5.41) is 20.2. The first kappa shape index (κ1) is 20.9. The second-order valence-electron chi connectivity index (χ2n) is 11.7. The Morgan fingerprint density at radius 1 is 1.14 bits per heavy atom. The first-order valence-corrected chi connectivity index (χ1v) is 11.8. The fourth-order valence-electron chi connectivity index (χ4n) is 7.90. The van der Waals surface area contributed by atoms with Crippen molar-refractivity contribution in [3.63, 3.8) is 0 Å². The Kier molecular flexibility index (Phi) is 5.29. The molecule has 3 saturated carbocycles. The molecule has 3 heteroatoms. The van der Waals surface area contributed by atoms with E-state index in [0.29, 0.717) is 23.4 Å². The van der Waals surface area contributed by atoms with E-state index in [1.165, 1.54) is 38.5 Å². The van der Waals surface area contributed by atoms with Crippen LogP contribution >= 0.6 is 0 Å². The van der Waals surface area contributed by atoms with E-state index in [1.807, 2.05) is 13.8 Å². The van der Waals surface area contributed by atoms with E-state index in [1.54, 1.807) is 5.57 Å². The van der Waals surface area contributed by atoms with Crippen LogP contribution < -0.4 is 0 Å². The Balaban J connectivity index is 1.52. The molecule has 160 valence electrons. The maximum absolute atomic E-state index is 10.2. The topological polar surface area (TPSA) is 49.7 Å². The number of rotatable bonds is 4. The molecule has 4 aliphatic carbocycles. The molecule has 28 heavy (non-hydrogen) atoms. The van der Waals surface area contributed by atoms with Gasteiger partial charge in [0.25, 0.3) is 0 Å². The lowest BCUT2D eigenvalue weighted by atomic mass is 9.47. The predicted octanol–water partition coefficient (Wildman–Crippen LogP) is 5.10. The minimum Gasteiger partial charge on any atom is -0.393 e. The highest BCUT2D eigenvalue weighted by molar-refractivity contribution is 5.25. The molecule has 0 radical (unpaired) electrons. The molecule has 7 unspecified atom stereocenters. The number of aliphatic hydroxyl groups excluding tert-OH is 1. The summed E-state index contributed by atoms with van der Waals surface area (Å²) < 4.78 is 6.17. The third-order valence-electron chi connectivity index (χ3n) is 9.42. The molecule has 3 fully saturated rings. The third-order valence-corrected chi connectivity index (χ3v) is 9.42. The zero-order valence-electron chi connectivity index (χ0n) is 18.7. The fourth-order valence-corrected chi connectivity index (χ4v) is 7.90. The molecule has 4 aliphatic rings. The molecule has 0 aromatic heterocycles. The van der Waals surface area contributed by atoms with Crippen LogP contribution in [-0.4, -0.2) is 34.6 Å². The molecule has 0 amide bonds. The van der Waals surface area contributed by atoms with Crippen LogP contribution in [0.25, 0.3) is 0 Å². The van der Waals surface area contributed by atoms with Gasteiger partial charge >= 0.3 is 0 Å². The Morgan fingerprint density at radius 3 is 2.61 bits per heavy atom. The number of ether oxygens (including phenoxy) is 1. The van der Waals surface area contributed by atoms with Crippen LogP contribution in [0.3, 0.4) is 0 Å². The van der Waals surface area contributed by atoms with E-state index in [4.69, 9.17) is 4.74 Å². The Hall–Kier alpha value is -0.380. The molecule has 0 aromatic carbocycles. The van der Waals surface area contributed by atoms with Gasteiger partial charge in [0.05, 0.1) is 24.4 Å². The lowest BCUT2D eigenvalue weighted by molar-refractivity contribution is -0.105. The van der Waals surface area contributed by atoms with Crippen molar-refractivity contribution < 1.29 is 14.9 Å². The van der Waals surface area contributed by atoms with Crippen molar-refractivity contribution in [2.24, 2.45) is 34.5 Å². The number of hydrogen-bond donors (Lipinski definition) is 2. The molecule has 8 atom stereocenters. The average molecular weight is 391 g/mol. The minimum atomic E-state index is -0.754. The van der Waals surface area contributed by atoms with Crippen LogP contribution in [-0.2, 0) is 4.74 Å². The van der Waals surface area contributed by atoms with Crippen molar-refractivity contribution in [3.05, 3.63) is 11.6 Å². The molecule has 0 aliphatic heterocycles. The van der Waals surface area contributed by atoms with Crippen molar-refractivity contribution in [2.75, 3.05) is 6.61 Å². The number of allylic oxidation sites excluding steroid dienone is 1. The van der Waals surface area contributed by atoms with Gasteiger partial charge in [-0.1, -0.05) is 25.5 Å². The predicted molar refractivity (Wildman–Crippen MR) is 113 cm³/mol. The summed E-state index contributed by atoms with van der Waals surface area (Å²) in [6, 6.07) is 0. The zero-order chi connectivity index (χ0) is 20.3. The van der Waals surface area contributed by atoms with E-state index in [9.17, 15) is 10.2 Å². The summed E-state index contributed by atoms with van der Waals surface area (Å²) >= 11 is 0. The van der Waals surface area contributed by atoms with Crippen molar-refractivity contribution in [1.82, 2.24) is 0 Å². The highest BCUT2D eigenvalue weighted by Crippen LogP contribution is 2.66. The van der Waals surface area contributed by atoms with E-state index in [-0.39, 0.29) is 12.2 Å². The van der Waals surface area contributed by atoms with Crippen LogP contribution in [0.15, 0.2) is 11.6 Å². The van der Waals surface area contributed by atoms with Crippen molar-refractivity contribution >= 4 is 0 Å². The van der Waals surface area contributed by atoms with Crippen LogP contribution in [0, 0.1) is 34.5 Å². The highest BCUT2D eigenvalue weighted by Gasteiger charge is 2.59. The van der Waals surface area contributed by atoms with Gasteiger partial charge in [0, 0.05) is 0 Å². The zero-order valence-corrected chi connectivity index (χ0v) is 18.7. The van der Waals surface area contributed by atoms with Gasteiger partial charge in [-0.2, -0.15) is 0 Å². The van der Waals surface area contributed by atoms with Gasteiger partial charge in [0.1, 0.15) is 0 Å². The number of hydrogen-bond acceptors (Lipinski definition) is 3. The fraction of sp³-hybridized carbons (Fsp3) is 0.920. The Labute approximate surface area is 171 Å². The highest BCUT2D eigenvalue weighted by atomic mass is 16.5. The van der Waals surface area contributed by atoms with Gasteiger partial charge in [0.15, 0.2) is 0 Å². The largest absolute Gasteiger partial charge is 0.393 e. The summed E-state index contributed by atoms with van der Waals surface area (Å²) in [5.41, 5.74) is 1.50. The van der Waals surface area contributed by atoms with Crippen LogP contribution in [0.1, 0.15) is 86.0 Å². The van der Waals surface area contributed by atoms with E-state index >= 15 is 0 Å². The molecule has 3 nitrogen and oxygen atoms in total. The average Bonchev–Trinajstić information content (AvgIpc) is 2.97. The summed E-state index contributed by atoms with van der Waals surface area (Å²) in [6.45, 7) is 11.4. The van der Waals surface area contributed by atoms with Crippen molar-refractivity contribution in [2.45, 2.75) is 104 Å². The molecular formula is C25H42O3. The number of fused-ring (bicyclic) bond motifs is 5. The molecule has 2 N–H and O–H groups in total. The first-order valence-electron chi connectivity index (χ1n) is 11.8. The normalized spacial score (nSPS) is 47.0. The van der Waals surface area contributed by atoms with Crippen molar-refractivity contribution in [3.8, 4) is 0 Å². The van der Waals surface area contributed by atoms with Gasteiger partial charge in [0.2, 0.25) is 0 Å². The SMILES string of the molecule is C[C@H](OCC(C)(C)O)C1CCC2C3CC=C4CC(O)CCC4(C)C3CCC21C. The molecule has 0 saturated heterocycles. The Morgan fingerprint density at radius 2 is 1.89 bits per heavy atom. The second kappa shape index (κ2) is 7.10. The summed E-state index contributed by atoms with van der Waals surface area (Å²) in [6.07, 6.45) is 12.1. The lowest BCUT2D eigenvalue weighted by Crippen LogP contribution is -2.51. The third kappa shape index (κ3) is 3.40. The molecule has 0 spiro atoms. The summed E-state index contributed by atoms with van der Waals surface area (Å²) in [5.74, 6) is 3.00. The smallest absolute Gasteiger partial charge is 0.0824 e. The minimum absolute atomic E-state index is 0.116. The van der Waals surface area contributed by atoms with E-state index in [2.05, 4.69) is 26.8 Å². The molecule has 0 bridgehead atoms. The Bertz CT molecular complexity index is 620.